The molecule has 1 aliphatic rings. The van der Waals surface area contributed by atoms with E-state index in [-0.39, 0.29) is 16.9 Å². The van der Waals surface area contributed by atoms with Crippen LogP contribution in [0.25, 0.3) is 0 Å². The Hall–Kier alpha value is -0.980. The molecule has 4 nitrogen and oxygen atoms in total. The third kappa shape index (κ3) is 3.12. The molecule has 0 aromatic heterocycles. The van der Waals surface area contributed by atoms with Gasteiger partial charge in [-0.1, -0.05) is 19.4 Å². The quantitative estimate of drug-likeness (QED) is 0.907. The lowest BCUT2D eigenvalue weighted by Gasteiger charge is -2.31. The van der Waals surface area contributed by atoms with E-state index in [9.17, 15) is 12.8 Å². The smallest absolute Gasteiger partial charge is 0.243 e. The second-order valence-corrected chi connectivity index (χ2v) is 7.50. The Morgan fingerprint density at radius 3 is 2.67 bits per heavy atom. The number of nitrogens with zero attached hydrogens (tertiary/aromatic N) is 1. The summed E-state index contributed by atoms with van der Waals surface area (Å²) < 4.78 is 40.8. The topological polar surface area (TPSA) is 63.4 Å². The van der Waals surface area contributed by atoms with E-state index in [4.69, 9.17) is 5.73 Å². The molecular formula is C15H23FN2O2S. The van der Waals surface area contributed by atoms with Crippen LogP contribution in [0.15, 0.2) is 23.1 Å². The van der Waals surface area contributed by atoms with E-state index in [1.807, 2.05) is 6.92 Å². The first kappa shape index (κ1) is 16.4. The third-order valence-electron chi connectivity index (χ3n) is 4.35. The van der Waals surface area contributed by atoms with Crippen molar-refractivity contribution in [1.82, 2.24) is 4.31 Å². The number of hydrogen-bond acceptors (Lipinski definition) is 3. The van der Waals surface area contributed by atoms with E-state index < -0.39 is 15.8 Å². The summed E-state index contributed by atoms with van der Waals surface area (Å²) in [6.45, 7) is 4.29. The molecule has 2 rings (SSSR count). The zero-order valence-electron chi connectivity index (χ0n) is 12.5. The highest BCUT2D eigenvalue weighted by Crippen LogP contribution is 2.33. The zero-order valence-corrected chi connectivity index (χ0v) is 13.4. The second kappa shape index (κ2) is 6.42. The number of benzene rings is 1. The maximum atomic E-state index is 13.7. The lowest BCUT2D eigenvalue weighted by Crippen LogP contribution is -2.44. The van der Waals surface area contributed by atoms with Gasteiger partial charge in [0.2, 0.25) is 10.0 Å². The van der Waals surface area contributed by atoms with Crippen molar-refractivity contribution in [2.45, 2.75) is 44.0 Å². The van der Waals surface area contributed by atoms with Crippen LogP contribution in [0.2, 0.25) is 0 Å². The molecule has 1 aromatic rings. The summed E-state index contributed by atoms with van der Waals surface area (Å²) in [5.74, 6) is -0.302. The summed E-state index contributed by atoms with van der Waals surface area (Å²) in [6, 6.07) is 4.02. The molecule has 0 heterocycles. The number of hydrogen-bond donors (Lipinski definition) is 1. The molecule has 21 heavy (non-hydrogen) atoms. The minimum atomic E-state index is -3.68. The zero-order chi connectivity index (χ0) is 15.6. The molecule has 6 heteroatoms. The molecule has 1 fully saturated rings. The van der Waals surface area contributed by atoms with Crippen molar-refractivity contribution < 1.29 is 12.8 Å². The van der Waals surface area contributed by atoms with Crippen LogP contribution in [-0.2, 0) is 10.0 Å². The first-order chi connectivity index (χ1) is 9.91. The van der Waals surface area contributed by atoms with Gasteiger partial charge in [0.25, 0.3) is 0 Å². The standard InChI is InChI=1S/C15H23FN2O2S/c1-3-18(15-6-4-5-12(15)10-17)21(19,20)13-8-7-11(2)14(16)9-13/h7-9,12,15H,3-6,10,17H2,1-2H3. The Kier molecular flexibility index (Phi) is 5.01. The summed E-state index contributed by atoms with van der Waals surface area (Å²) >= 11 is 0. The van der Waals surface area contributed by atoms with Crippen molar-refractivity contribution >= 4 is 10.0 Å². The van der Waals surface area contributed by atoms with Crippen molar-refractivity contribution in [3.8, 4) is 0 Å². The van der Waals surface area contributed by atoms with Gasteiger partial charge in [-0.05, 0) is 49.9 Å². The fourth-order valence-electron chi connectivity index (χ4n) is 3.12. The van der Waals surface area contributed by atoms with Gasteiger partial charge in [-0.3, -0.25) is 0 Å². The lowest BCUT2D eigenvalue weighted by molar-refractivity contribution is 0.276. The fraction of sp³-hybridized carbons (Fsp3) is 0.600. The SMILES string of the molecule is CCN(C1CCCC1CN)S(=O)(=O)c1ccc(C)c(F)c1. The van der Waals surface area contributed by atoms with Gasteiger partial charge < -0.3 is 5.73 Å². The van der Waals surface area contributed by atoms with Crippen LogP contribution in [0.3, 0.4) is 0 Å². The summed E-state index contributed by atoms with van der Waals surface area (Å²) in [7, 11) is -3.68. The van der Waals surface area contributed by atoms with E-state index in [2.05, 4.69) is 0 Å². The van der Waals surface area contributed by atoms with Crippen LogP contribution in [0.4, 0.5) is 4.39 Å². The predicted molar refractivity (Wildman–Crippen MR) is 80.9 cm³/mol. The van der Waals surface area contributed by atoms with Crippen molar-refractivity contribution in [3.63, 3.8) is 0 Å². The normalized spacial score (nSPS) is 22.9. The number of nitrogens with two attached hydrogens (primary N) is 1. The highest BCUT2D eigenvalue weighted by molar-refractivity contribution is 7.89. The monoisotopic (exact) mass is 314 g/mol. The molecule has 0 saturated heterocycles. The molecular weight excluding hydrogens is 291 g/mol. The van der Waals surface area contributed by atoms with E-state index in [0.29, 0.717) is 18.7 Å². The maximum Gasteiger partial charge on any atom is 0.243 e. The highest BCUT2D eigenvalue weighted by Gasteiger charge is 2.37. The number of sulfonamides is 1. The van der Waals surface area contributed by atoms with Crippen LogP contribution in [0.1, 0.15) is 31.7 Å². The van der Waals surface area contributed by atoms with Gasteiger partial charge in [0.05, 0.1) is 4.90 Å². The molecule has 1 aromatic carbocycles. The third-order valence-corrected chi connectivity index (χ3v) is 6.35. The molecule has 2 unspecified atom stereocenters. The summed E-state index contributed by atoms with van der Waals surface area (Å²) in [5.41, 5.74) is 6.20. The fourth-order valence-corrected chi connectivity index (χ4v) is 4.86. The Labute approximate surface area is 126 Å². The number of aryl methyl sites for hydroxylation is 1. The molecule has 0 amide bonds. The number of rotatable bonds is 5. The van der Waals surface area contributed by atoms with Crippen molar-refractivity contribution in [3.05, 3.63) is 29.6 Å². The van der Waals surface area contributed by atoms with Crippen LogP contribution >= 0.6 is 0 Å². The van der Waals surface area contributed by atoms with Crippen molar-refractivity contribution in [1.29, 1.82) is 0 Å². The maximum absolute atomic E-state index is 13.7. The van der Waals surface area contributed by atoms with E-state index in [0.717, 1.165) is 25.3 Å². The highest BCUT2D eigenvalue weighted by atomic mass is 32.2. The molecule has 1 saturated carbocycles. The molecule has 2 atom stereocenters. The first-order valence-electron chi connectivity index (χ1n) is 7.39. The summed E-state index contributed by atoms with van der Waals surface area (Å²) in [5, 5.41) is 0. The van der Waals surface area contributed by atoms with Crippen LogP contribution in [-0.4, -0.2) is 31.9 Å². The van der Waals surface area contributed by atoms with Gasteiger partial charge in [0.1, 0.15) is 5.82 Å². The van der Waals surface area contributed by atoms with Crippen LogP contribution in [0, 0.1) is 18.7 Å². The molecule has 1 aliphatic carbocycles. The molecule has 2 N–H and O–H groups in total. The molecule has 0 bridgehead atoms. The predicted octanol–water partition coefficient (Wildman–Crippen LogP) is 2.27. The summed E-state index contributed by atoms with van der Waals surface area (Å²) in [6.07, 6.45) is 2.76. The van der Waals surface area contributed by atoms with Crippen LogP contribution < -0.4 is 5.73 Å². The molecule has 0 radical (unpaired) electrons. The Morgan fingerprint density at radius 2 is 2.10 bits per heavy atom. The Morgan fingerprint density at radius 1 is 1.38 bits per heavy atom. The van der Waals surface area contributed by atoms with Crippen molar-refractivity contribution in [2.24, 2.45) is 11.7 Å². The van der Waals surface area contributed by atoms with Crippen molar-refractivity contribution in [2.75, 3.05) is 13.1 Å². The van der Waals surface area contributed by atoms with Gasteiger partial charge in [0, 0.05) is 12.6 Å². The average Bonchev–Trinajstić information content (AvgIpc) is 2.90. The average molecular weight is 314 g/mol. The van der Waals surface area contributed by atoms with Gasteiger partial charge >= 0.3 is 0 Å². The van der Waals surface area contributed by atoms with E-state index in [1.165, 1.54) is 16.4 Å². The van der Waals surface area contributed by atoms with Gasteiger partial charge in [0.15, 0.2) is 0 Å². The van der Waals surface area contributed by atoms with Gasteiger partial charge in [-0.15, -0.1) is 0 Å². The largest absolute Gasteiger partial charge is 0.330 e. The lowest BCUT2D eigenvalue weighted by atomic mass is 10.0. The van der Waals surface area contributed by atoms with E-state index in [1.54, 1.807) is 6.92 Å². The van der Waals surface area contributed by atoms with Gasteiger partial charge in [-0.2, -0.15) is 4.31 Å². The molecule has 0 spiro atoms. The van der Waals surface area contributed by atoms with Gasteiger partial charge in [-0.25, -0.2) is 12.8 Å². The first-order valence-corrected chi connectivity index (χ1v) is 8.83. The Bertz CT molecular complexity index is 604. The van der Waals surface area contributed by atoms with E-state index >= 15 is 0 Å². The Balaban J connectivity index is 2.37. The summed E-state index contributed by atoms with van der Waals surface area (Å²) in [4.78, 5) is 0.0233. The molecule has 0 aliphatic heterocycles. The minimum Gasteiger partial charge on any atom is -0.330 e. The number of halogens is 1. The van der Waals surface area contributed by atoms with Crippen LogP contribution in [0.5, 0.6) is 0 Å². The minimum absolute atomic E-state index is 0.0233. The second-order valence-electron chi connectivity index (χ2n) is 5.61. The molecule has 118 valence electrons.